The number of aromatic nitrogens is 2. The van der Waals surface area contributed by atoms with Gasteiger partial charge in [0.2, 0.25) is 0 Å². The standard InChI is InChI=1S/C15H17N5O5/c1-9-6-10(2)19(18-9)8-14(21)16-17-15(22)12-7-11(20(23)24)4-5-13(12)25-3/h4-7H,8H2,1-3H3,(H,16,21)(H,17,22). The van der Waals surface area contributed by atoms with E-state index in [0.29, 0.717) is 0 Å². The molecule has 1 aromatic heterocycles. The van der Waals surface area contributed by atoms with Crippen molar-refractivity contribution in [1.29, 1.82) is 0 Å². The maximum Gasteiger partial charge on any atom is 0.273 e. The van der Waals surface area contributed by atoms with E-state index in [1.807, 2.05) is 6.07 Å². The molecular formula is C15H17N5O5. The summed E-state index contributed by atoms with van der Waals surface area (Å²) in [4.78, 5) is 34.3. The molecule has 132 valence electrons. The first-order valence-corrected chi connectivity index (χ1v) is 7.24. The van der Waals surface area contributed by atoms with Gasteiger partial charge in [-0.2, -0.15) is 5.10 Å². The van der Waals surface area contributed by atoms with E-state index in [0.717, 1.165) is 17.5 Å². The smallest absolute Gasteiger partial charge is 0.273 e. The van der Waals surface area contributed by atoms with Crippen LogP contribution in [0.3, 0.4) is 0 Å². The molecule has 1 aromatic carbocycles. The van der Waals surface area contributed by atoms with E-state index in [1.54, 1.807) is 13.8 Å². The summed E-state index contributed by atoms with van der Waals surface area (Å²) in [6.45, 7) is 3.53. The predicted octanol–water partition coefficient (Wildman–Crippen LogP) is 0.878. The van der Waals surface area contributed by atoms with Gasteiger partial charge in [0.25, 0.3) is 17.5 Å². The molecule has 0 saturated carbocycles. The van der Waals surface area contributed by atoms with Crippen LogP contribution in [0.4, 0.5) is 5.69 Å². The first-order valence-electron chi connectivity index (χ1n) is 7.24. The zero-order valence-corrected chi connectivity index (χ0v) is 13.9. The number of nitrogens with one attached hydrogen (secondary N) is 2. The molecule has 2 N–H and O–H groups in total. The zero-order valence-electron chi connectivity index (χ0n) is 13.9. The summed E-state index contributed by atoms with van der Waals surface area (Å²) in [6.07, 6.45) is 0. The highest BCUT2D eigenvalue weighted by Gasteiger charge is 2.18. The van der Waals surface area contributed by atoms with Crippen LogP contribution in [0.2, 0.25) is 0 Å². The molecule has 25 heavy (non-hydrogen) atoms. The number of hydrogen-bond acceptors (Lipinski definition) is 6. The van der Waals surface area contributed by atoms with Crippen LogP contribution in [-0.2, 0) is 11.3 Å². The summed E-state index contributed by atoms with van der Waals surface area (Å²) in [6, 6.07) is 5.42. The lowest BCUT2D eigenvalue weighted by molar-refractivity contribution is -0.384. The van der Waals surface area contributed by atoms with E-state index in [-0.39, 0.29) is 23.5 Å². The summed E-state index contributed by atoms with van der Waals surface area (Å²) >= 11 is 0. The SMILES string of the molecule is COc1ccc([N+](=O)[O-])cc1C(=O)NNC(=O)Cn1nc(C)cc1C. The number of carbonyl (C=O) groups excluding carboxylic acids is 2. The Morgan fingerprint density at radius 3 is 2.56 bits per heavy atom. The van der Waals surface area contributed by atoms with Crippen LogP contribution in [0, 0.1) is 24.0 Å². The Morgan fingerprint density at radius 2 is 2.00 bits per heavy atom. The van der Waals surface area contributed by atoms with Gasteiger partial charge in [0.1, 0.15) is 12.3 Å². The number of amides is 2. The highest BCUT2D eigenvalue weighted by molar-refractivity contribution is 5.98. The first kappa shape index (κ1) is 17.9. The number of hydrogen-bond donors (Lipinski definition) is 2. The highest BCUT2D eigenvalue weighted by atomic mass is 16.6. The molecule has 0 aliphatic heterocycles. The Bertz CT molecular complexity index is 830. The molecule has 0 unspecified atom stereocenters. The van der Waals surface area contributed by atoms with Crippen molar-refractivity contribution < 1.29 is 19.2 Å². The Labute approximate surface area is 142 Å². The van der Waals surface area contributed by atoms with Gasteiger partial charge in [-0.3, -0.25) is 35.2 Å². The van der Waals surface area contributed by atoms with Gasteiger partial charge in [-0.25, -0.2) is 0 Å². The molecule has 1 heterocycles. The summed E-state index contributed by atoms with van der Waals surface area (Å²) in [5.41, 5.74) is 5.69. The molecule has 0 radical (unpaired) electrons. The monoisotopic (exact) mass is 347 g/mol. The number of rotatable bonds is 5. The molecule has 0 bridgehead atoms. The minimum Gasteiger partial charge on any atom is -0.496 e. The van der Waals surface area contributed by atoms with Crippen molar-refractivity contribution in [3.63, 3.8) is 0 Å². The third-order valence-electron chi connectivity index (χ3n) is 3.35. The number of methoxy groups -OCH3 is 1. The van der Waals surface area contributed by atoms with E-state index < -0.39 is 16.7 Å². The maximum atomic E-state index is 12.2. The second-order valence-electron chi connectivity index (χ2n) is 5.23. The van der Waals surface area contributed by atoms with Crippen molar-refractivity contribution in [3.05, 3.63) is 51.3 Å². The van der Waals surface area contributed by atoms with Crippen LogP contribution >= 0.6 is 0 Å². The van der Waals surface area contributed by atoms with E-state index in [4.69, 9.17) is 4.74 Å². The second-order valence-corrected chi connectivity index (χ2v) is 5.23. The van der Waals surface area contributed by atoms with Gasteiger partial charge in [-0.05, 0) is 26.0 Å². The van der Waals surface area contributed by atoms with E-state index in [9.17, 15) is 19.7 Å². The van der Waals surface area contributed by atoms with Gasteiger partial charge < -0.3 is 4.74 Å². The Balaban J connectivity index is 2.04. The zero-order chi connectivity index (χ0) is 18.6. The Hall–Kier alpha value is -3.43. The van der Waals surface area contributed by atoms with E-state index >= 15 is 0 Å². The fourth-order valence-electron chi connectivity index (χ4n) is 2.19. The molecule has 0 atom stereocenters. The highest BCUT2D eigenvalue weighted by Crippen LogP contribution is 2.23. The Morgan fingerprint density at radius 1 is 1.28 bits per heavy atom. The molecular weight excluding hydrogens is 330 g/mol. The molecule has 2 aromatic rings. The molecule has 0 aliphatic rings. The summed E-state index contributed by atoms with van der Waals surface area (Å²) in [5, 5.41) is 15.0. The lowest BCUT2D eigenvalue weighted by atomic mass is 10.1. The first-order chi connectivity index (χ1) is 11.8. The number of benzene rings is 1. The van der Waals surface area contributed by atoms with Gasteiger partial charge in [0, 0.05) is 17.8 Å². The van der Waals surface area contributed by atoms with Crippen LogP contribution in [0.1, 0.15) is 21.7 Å². The number of ether oxygens (including phenoxy) is 1. The molecule has 10 nitrogen and oxygen atoms in total. The third kappa shape index (κ3) is 4.31. The van der Waals surface area contributed by atoms with Crippen LogP contribution in [0.5, 0.6) is 5.75 Å². The number of nitrogens with zero attached hydrogens (tertiary/aromatic N) is 3. The minimum atomic E-state index is -0.734. The second kappa shape index (κ2) is 7.43. The van der Waals surface area contributed by atoms with Crippen molar-refractivity contribution in [2.45, 2.75) is 20.4 Å². The molecule has 10 heteroatoms. The number of nitro groups is 1. The van der Waals surface area contributed by atoms with Gasteiger partial charge in [-0.1, -0.05) is 0 Å². The van der Waals surface area contributed by atoms with Crippen LogP contribution < -0.4 is 15.6 Å². The van der Waals surface area contributed by atoms with Crippen molar-refractivity contribution in [1.82, 2.24) is 20.6 Å². The van der Waals surface area contributed by atoms with Crippen molar-refractivity contribution >= 4 is 17.5 Å². The van der Waals surface area contributed by atoms with Crippen LogP contribution in [0.15, 0.2) is 24.3 Å². The van der Waals surface area contributed by atoms with Crippen molar-refractivity contribution in [2.24, 2.45) is 0 Å². The van der Waals surface area contributed by atoms with Crippen molar-refractivity contribution in [2.75, 3.05) is 7.11 Å². The summed E-state index contributed by atoms with van der Waals surface area (Å²) < 4.78 is 6.50. The molecule has 2 amide bonds. The molecule has 0 fully saturated rings. The number of aryl methyl sites for hydroxylation is 2. The molecule has 0 aliphatic carbocycles. The number of non-ortho nitro benzene ring substituents is 1. The van der Waals surface area contributed by atoms with Gasteiger partial charge in [-0.15, -0.1) is 0 Å². The average molecular weight is 347 g/mol. The van der Waals surface area contributed by atoms with Gasteiger partial charge in [0.05, 0.1) is 23.3 Å². The topological polar surface area (TPSA) is 128 Å². The number of hydrazine groups is 1. The lowest BCUT2D eigenvalue weighted by Gasteiger charge is -2.10. The van der Waals surface area contributed by atoms with Crippen LogP contribution in [-0.4, -0.2) is 33.6 Å². The largest absolute Gasteiger partial charge is 0.496 e. The quantitative estimate of drug-likeness (QED) is 0.610. The maximum absolute atomic E-state index is 12.2. The van der Waals surface area contributed by atoms with Crippen LogP contribution in [0.25, 0.3) is 0 Å². The molecule has 2 rings (SSSR count). The van der Waals surface area contributed by atoms with Gasteiger partial charge in [0.15, 0.2) is 0 Å². The lowest BCUT2D eigenvalue weighted by Crippen LogP contribution is -2.43. The minimum absolute atomic E-state index is 0.0666. The predicted molar refractivity (Wildman–Crippen MR) is 87.0 cm³/mol. The van der Waals surface area contributed by atoms with Crippen molar-refractivity contribution in [3.8, 4) is 5.75 Å². The van der Waals surface area contributed by atoms with E-state index in [1.165, 1.54) is 23.9 Å². The molecule has 0 saturated heterocycles. The summed E-state index contributed by atoms with van der Waals surface area (Å²) in [7, 11) is 1.33. The van der Waals surface area contributed by atoms with E-state index in [2.05, 4.69) is 16.0 Å². The Kier molecular flexibility index (Phi) is 5.32. The number of carbonyl (C=O) groups is 2. The fourth-order valence-corrected chi connectivity index (χ4v) is 2.19. The average Bonchev–Trinajstić information content (AvgIpc) is 2.89. The summed E-state index contributed by atoms with van der Waals surface area (Å²) in [5.74, 6) is -1.08. The molecule has 0 spiro atoms. The van der Waals surface area contributed by atoms with Gasteiger partial charge >= 0.3 is 0 Å². The normalized spacial score (nSPS) is 10.2. The third-order valence-corrected chi connectivity index (χ3v) is 3.35. The fraction of sp³-hybridized carbons (Fsp3) is 0.267. The number of nitro benzene ring substituents is 1.